The summed E-state index contributed by atoms with van der Waals surface area (Å²) in [6, 6.07) is -6.48. The molecular weight excluding hydrogens is 1010 g/mol. The number of rotatable bonds is 39. The van der Waals surface area contributed by atoms with Crippen molar-refractivity contribution >= 4 is 68.4 Å². The monoisotopic (exact) mass is 1080 g/mol. The molecule has 0 aromatic heterocycles. The van der Waals surface area contributed by atoms with E-state index in [2.05, 4.69) is 5.32 Å². The van der Waals surface area contributed by atoms with E-state index in [0.29, 0.717) is 5.75 Å². The number of aliphatic carboxylic acids is 1. The molecule has 0 aliphatic carbocycles. The lowest BCUT2D eigenvalue weighted by atomic mass is 9.86. The third kappa shape index (κ3) is 21.5. The molecule has 0 saturated heterocycles. The number of carbonyl (C=O) groups excluding carboxylic acids is 7. The number of ketones is 4. The lowest BCUT2D eigenvalue weighted by molar-refractivity contribution is -0.149. The van der Waals surface area contributed by atoms with E-state index in [1.807, 2.05) is 10.6 Å². The Bertz CT molecular complexity index is 1740. The summed E-state index contributed by atoms with van der Waals surface area (Å²) in [7, 11) is 2.34. The average molecular weight is 1080 g/mol. The number of carbonyl (C=O) groups is 8. The van der Waals surface area contributed by atoms with Gasteiger partial charge in [0.25, 0.3) is 0 Å². The minimum absolute atomic E-state index is 0.142. The van der Waals surface area contributed by atoms with Crippen LogP contribution in [-0.4, -0.2) is 263 Å². The van der Waals surface area contributed by atoms with E-state index < -0.39 is 214 Å². The number of nitrogens with one attached hydrogen (secondary N) is 3. The molecule has 0 bridgehead atoms. The second-order valence-corrected chi connectivity index (χ2v) is 19.9. The largest absolute Gasteiger partial charge is 0.481 e. The van der Waals surface area contributed by atoms with Crippen LogP contribution in [-0.2, 0) is 38.4 Å². The third-order valence-corrected chi connectivity index (χ3v) is 14.1. The first-order valence-corrected chi connectivity index (χ1v) is 25.1. The quantitative estimate of drug-likeness (QED) is 0.0201. The maximum atomic E-state index is 14.0. The van der Waals surface area contributed by atoms with Crippen molar-refractivity contribution in [3.8, 4) is 0 Å². The van der Waals surface area contributed by atoms with Crippen LogP contribution in [0.15, 0.2) is 0 Å². The molecule has 19 atom stereocenters. The number of amides is 3. The van der Waals surface area contributed by atoms with E-state index in [9.17, 15) is 125 Å². The lowest BCUT2D eigenvalue weighted by Crippen LogP contribution is -2.60. The first-order chi connectivity index (χ1) is 33.5. The molecule has 30 heteroatoms. The van der Waals surface area contributed by atoms with Crippen molar-refractivity contribution in [1.82, 2.24) is 16.0 Å². The van der Waals surface area contributed by atoms with Gasteiger partial charge in [-0.2, -0.15) is 0 Å². The second kappa shape index (κ2) is 34.2. The Hall–Kier alpha value is -3.38. The van der Waals surface area contributed by atoms with Crippen molar-refractivity contribution < 1.29 is 125 Å². The topological polar surface area (TPSA) is 517 Å². The molecule has 0 aromatic rings. The van der Waals surface area contributed by atoms with E-state index in [1.165, 1.54) is 17.7 Å². The highest BCUT2D eigenvalue weighted by Gasteiger charge is 2.44. The Morgan fingerprint density at radius 1 is 0.444 bits per heavy atom. The molecule has 0 rings (SSSR count). The van der Waals surface area contributed by atoms with Crippen LogP contribution in [0, 0.1) is 23.7 Å². The van der Waals surface area contributed by atoms with Crippen LogP contribution in [0.3, 0.4) is 0 Å². The molecule has 0 saturated carbocycles. The van der Waals surface area contributed by atoms with Crippen molar-refractivity contribution in [3.05, 3.63) is 0 Å². The maximum Gasteiger partial charge on any atom is 0.307 e. The fourth-order valence-corrected chi connectivity index (χ4v) is 8.69. The summed E-state index contributed by atoms with van der Waals surface area (Å²) in [6.45, 7) is 0.379. The molecule has 28 nitrogen and oxygen atoms in total. The predicted octanol–water partition coefficient (Wildman–Crippen LogP) is -9.02. The molecule has 20 N–H and O–H groups in total. The van der Waals surface area contributed by atoms with Crippen LogP contribution in [0.25, 0.3) is 0 Å². The van der Waals surface area contributed by atoms with Gasteiger partial charge in [-0.1, -0.05) is 42.4 Å². The molecule has 0 heterocycles. The van der Waals surface area contributed by atoms with Crippen LogP contribution in [0.5, 0.6) is 0 Å². The summed E-state index contributed by atoms with van der Waals surface area (Å²) in [6.07, 6.45) is -32.1. The van der Waals surface area contributed by atoms with Gasteiger partial charge in [-0.3, -0.25) is 38.4 Å². The van der Waals surface area contributed by atoms with Crippen LogP contribution < -0.4 is 16.0 Å². The summed E-state index contributed by atoms with van der Waals surface area (Å²) in [5, 5.41) is 179. The number of hydrogen-bond acceptors (Lipinski definition) is 26. The van der Waals surface area contributed by atoms with Gasteiger partial charge in [0.15, 0.2) is 17.3 Å². The van der Waals surface area contributed by atoms with Crippen LogP contribution in [0.1, 0.15) is 59.8 Å². The highest BCUT2D eigenvalue weighted by atomic mass is 33.1. The number of carboxylic acids is 1. The Morgan fingerprint density at radius 2 is 0.819 bits per heavy atom. The van der Waals surface area contributed by atoms with E-state index in [4.69, 9.17) is 0 Å². The van der Waals surface area contributed by atoms with Gasteiger partial charge in [0, 0.05) is 49.5 Å². The highest BCUT2D eigenvalue weighted by molar-refractivity contribution is 8.76. The minimum Gasteiger partial charge on any atom is -0.481 e. The summed E-state index contributed by atoms with van der Waals surface area (Å²) in [5.41, 5.74) is 0. The van der Waals surface area contributed by atoms with Gasteiger partial charge in [0.05, 0.1) is 62.4 Å². The zero-order valence-electron chi connectivity index (χ0n) is 39.9. The number of aliphatic hydroxyl groups excluding tert-OH is 16. The van der Waals surface area contributed by atoms with Crippen molar-refractivity contribution in [3.63, 3.8) is 0 Å². The fraction of sp³-hybridized carbons (Fsp3) is 0.810. The summed E-state index contributed by atoms with van der Waals surface area (Å²) < 4.78 is 0. The molecule has 0 radical (unpaired) electrons. The van der Waals surface area contributed by atoms with Gasteiger partial charge >= 0.3 is 5.97 Å². The van der Waals surface area contributed by atoms with Gasteiger partial charge in [-0.25, -0.2) is 0 Å². The van der Waals surface area contributed by atoms with E-state index in [1.54, 1.807) is 6.92 Å². The lowest BCUT2D eigenvalue weighted by Gasteiger charge is -2.33. The van der Waals surface area contributed by atoms with E-state index >= 15 is 0 Å². The van der Waals surface area contributed by atoms with Crippen molar-refractivity contribution in [2.24, 2.45) is 23.7 Å². The Labute approximate surface area is 421 Å². The Morgan fingerprint density at radius 3 is 1.21 bits per heavy atom. The summed E-state index contributed by atoms with van der Waals surface area (Å²) in [5.74, 6) is -17.2. The molecular formula is C42H73N3O25S2. The molecule has 0 spiro atoms. The molecule has 72 heavy (non-hydrogen) atoms. The Balaban J connectivity index is 7.07. The van der Waals surface area contributed by atoms with Gasteiger partial charge in [0.2, 0.25) is 17.7 Å². The maximum absolute atomic E-state index is 14.0. The number of aliphatic hydroxyl groups is 16. The molecule has 0 unspecified atom stereocenters. The van der Waals surface area contributed by atoms with Gasteiger partial charge in [0.1, 0.15) is 78.9 Å². The number of carboxylic acid groups (broad SMARTS) is 1. The molecule has 3 amide bonds. The van der Waals surface area contributed by atoms with E-state index in [-0.39, 0.29) is 12.2 Å². The number of Topliss-reactive ketones (excluding diaryl/α,β-unsaturated/α-hetero) is 4. The van der Waals surface area contributed by atoms with Gasteiger partial charge in [-0.15, -0.1) is 0 Å². The van der Waals surface area contributed by atoms with Gasteiger partial charge < -0.3 is 103 Å². The average Bonchev–Trinajstić information content (AvgIpc) is 3.36. The first kappa shape index (κ1) is 68.6. The minimum atomic E-state index is -2.64. The second-order valence-electron chi connectivity index (χ2n) is 17.1. The molecule has 0 aliphatic heterocycles. The fourth-order valence-electron chi connectivity index (χ4n) is 6.72. The zero-order chi connectivity index (χ0) is 55.9. The highest BCUT2D eigenvalue weighted by Crippen LogP contribution is 2.26. The summed E-state index contributed by atoms with van der Waals surface area (Å²) in [4.78, 5) is 106. The molecule has 418 valence electrons. The van der Waals surface area contributed by atoms with Crippen LogP contribution in [0.4, 0.5) is 0 Å². The summed E-state index contributed by atoms with van der Waals surface area (Å²) >= 11 is 0. The molecule has 0 aliphatic rings. The Kier molecular flexibility index (Phi) is 32.6. The molecule has 0 fully saturated rings. The zero-order valence-corrected chi connectivity index (χ0v) is 41.6. The van der Waals surface area contributed by atoms with Crippen molar-refractivity contribution in [2.45, 2.75) is 151 Å². The molecule has 0 aromatic carbocycles. The van der Waals surface area contributed by atoms with E-state index in [0.717, 1.165) is 24.6 Å². The normalized spacial score (nSPS) is 19.8. The SMILES string of the molecule is CCSSC[C@H](CC(=O)[C@@H](NC(=O)[C@H](C)CC(=O)[C@@H](NC(=O)[C@@H](CC(=O)[C@H](C)NC(=O)[C@@H](CC(=O)CC)[C@@H](O)[C@H](O)[C@H](O)CO)[C@@H](O)[C@H](O)[C@H](O)CO)[C@@H](O)[C@H](O)[C@H](O)CO)[C@@H](O)[C@H](O)[C@H](O)CO)C(=O)O. The smallest absolute Gasteiger partial charge is 0.307 e. The van der Waals surface area contributed by atoms with Crippen LogP contribution >= 0.6 is 21.6 Å². The number of hydrogen-bond donors (Lipinski definition) is 20. The predicted molar refractivity (Wildman–Crippen MR) is 249 cm³/mol. The van der Waals surface area contributed by atoms with Crippen molar-refractivity contribution in [2.75, 3.05) is 37.9 Å². The standard InChI is InChI=1S/C42H73N3O25S2/c1-5-19(50)9-20(31(58)33(60)25(54)11-46)40(67)43-17(4)22(51)10-21(32(59)34(61)26(55)12-47)41(68)45-29(37(64)35(62)27(56)13-48)23(52)7-16(3)39(66)44-30(38(65)36(63)28(57)14-49)24(53)8-18(42(69)70)15-72-71-6-2/h16-18,20-21,25-38,46-49,54-65H,5-15H2,1-4H3,(H,43,67)(H,44,66)(H,45,68)(H,69,70)/t16-,17+,18+,20+,21+,25-,26-,27-,28-,29-,30-,31-,32-,33-,34-,35-,36-,37-,38-/m1/s1. The van der Waals surface area contributed by atoms with Crippen LogP contribution in [0.2, 0.25) is 0 Å². The third-order valence-electron chi connectivity index (χ3n) is 11.5. The van der Waals surface area contributed by atoms with Gasteiger partial charge in [-0.05, 0) is 6.92 Å². The van der Waals surface area contributed by atoms with Crippen molar-refractivity contribution in [1.29, 1.82) is 0 Å². The first-order valence-electron chi connectivity index (χ1n) is 22.6.